The van der Waals surface area contributed by atoms with Crippen molar-refractivity contribution in [1.82, 2.24) is 0 Å². The van der Waals surface area contributed by atoms with Crippen molar-refractivity contribution in [2.45, 2.75) is 51.4 Å². The molecule has 0 radical (unpaired) electrons. The predicted molar refractivity (Wildman–Crippen MR) is 177 cm³/mol. The minimum Gasteiger partial charge on any atom is -0.465 e. The van der Waals surface area contributed by atoms with Crippen LogP contribution in [0.1, 0.15) is 72.4 Å². The van der Waals surface area contributed by atoms with Crippen LogP contribution in [-0.2, 0) is 15.6 Å². The molecule has 0 aliphatic heterocycles. The number of hydrogen-bond acceptors (Lipinski definition) is 4. The number of carbonyl (C=O) groups is 2. The first-order valence-corrected chi connectivity index (χ1v) is 14.8. The molecule has 5 aromatic rings. The van der Waals surface area contributed by atoms with Crippen LogP contribution in [0.2, 0.25) is 0 Å². The third-order valence-electron chi connectivity index (χ3n) is 9.25. The number of anilines is 3. The number of benzene rings is 5. The van der Waals surface area contributed by atoms with Gasteiger partial charge in [0, 0.05) is 23.7 Å². The maximum absolute atomic E-state index is 13.7. The third kappa shape index (κ3) is 5.03. The SMILES string of the molecule is COC(=O)c1ccc(C(=O)Nc2cc3c(cc2N(C)c2cc4ccccc4c4ccccc24)C(C)(C)CCC3(C)C)cc1. The summed E-state index contributed by atoms with van der Waals surface area (Å²) >= 11 is 0. The van der Waals surface area contributed by atoms with Gasteiger partial charge in [-0.25, -0.2) is 4.79 Å². The number of nitrogens with zero attached hydrogens (tertiary/aromatic N) is 1. The zero-order valence-corrected chi connectivity index (χ0v) is 25.7. The molecule has 1 aliphatic rings. The first kappa shape index (κ1) is 28.5. The normalized spacial score (nSPS) is 15.1. The second kappa shape index (κ2) is 10.6. The van der Waals surface area contributed by atoms with Gasteiger partial charge in [0.15, 0.2) is 0 Å². The van der Waals surface area contributed by atoms with Gasteiger partial charge in [-0.2, -0.15) is 0 Å². The summed E-state index contributed by atoms with van der Waals surface area (Å²) in [6, 6.07) is 30.2. The minimum atomic E-state index is -0.432. The monoisotopic (exact) mass is 570 g/mol. The Morgan fingerprint density at radius 1 is 0.698 bits per heavy atom. The van der Waals surface area contributed by atoms with E-state index in [9.17, 15) is 9.59 Å². The second-order valence-electron chi connectivity index (χ2n) is 12.9. The standard InChI is InChI=1S/C38H38N2O3/c1-37(2)19-20-38(3,4)31-23-34(32(22-30(31)37)39-35(41)24-15-17-25(18-16-24)36(42)43-6)40(5)33-21-26-11-7-8-12-27(26)28-13-9-10-14-29(28)33/h7-18,21-23H,19-20H2,1-6H3,(H,39,41). The first-order valence-electron chi connectivity index (χ1n) is 14.8. The predicted octanol–water partition coefficient (Wildman–Crippen LogP) is 9.15. The van der Waals surface area contributed by atoms with E-state index in [1.807, 2.05) is 0 Å². The van der Waals surface area contributed by atoms with Gasteiger partial charge in [0.05, 0.1) is 24.0 Å². The van der Waals surface area contributed by atoms with Crippen LogP contribution in [-0.4, -0.2) is 26.0 Å². The van der Waals surface area contributed by atoms with Gasteiger partial charge in [-0.3, -0.25) is 4.79 Å². The molecule has 6 rings (SSSR count). The van der Waals surface area contributed by atoms with Crippen molar-refractivity contribution < 1.29 is 14.3 Å². The molecule has 0 heterocycles. The number of methoxy groups -OCH3 is 1. The van der Waals surface area contributed by atoms with Crippen molar-refractivity contribution in [3.63, 3.8) is 0 Å². The lowest BCUT2D eigenvalue weighted by molar-refractivity contribution is 0.0600. The Morgan fingerprint density at radius 3 is 1.91 bits per heavy atom. The van der Waals surface area contributed by atoms with Gasteiger partial charge in [0.2, 0.25) is 0 Å². The third-order valence-corrected chi connectivity index (χ3v) is 9.25. The quantitative estimate of drug-likeness (QED) is 0.169. The summed E-state index contributed by atoms with van der Waals surface area (Å²) in [4.78, 5) is 27.8. The molecule has 0 unspecified atom stereocenters. The molecule has 0 saturated carbocycles. The fourth-order valence-electron chi connectivity index (χ4n) is 6.49. The molecule has 5 aromatic carbocycles. The smallest absolute Gasteiger partial charge is 0.337 e. The molecule has 0 fully saturated rings. The van der Waals surface area contributed by atoms with Gasteiger partial charge >= 0.3 is 5.97 Å². The van der Waals surface area contributed by atoms with E-state index in [2.05, 4.69) is 112 Å². The summed E-state index contributed by atoms with van der Waals surface area (Å²) in [6.07, 6.45) is 2.16. The maximum Gasteiger partial charge on any atom is 0.337 e. The average molecular weight is 571 g/mol. The molecule has 5 heteroatoms. The van der Waals surface area contributed by atoms with Gasteiger partial charge in [-0.15, -0.1) is 0 Å². The summed E-state index contributed by atoms with van der Waals surface area (Å²) in [5.41, 5.74) is 6.18. The zero-order valence-electron chi connectivity index (χ0n) is 25.7. The molecule has 0 saturated heterocycles. The number of nitrogens with one attached hydrogen (secondary N) is 1. The van der Waals surface area contributed by atoms with E-state index in [0.717, 1.165) is 35.3 Å². The largest absolute Gasteiger partial charge is 0.465 e. The summed E-state index contributed by atoms with van der Waals surface area (Å²) in [5, 5.41) is 7.97. The van der Waals surface area contributed by atoms with Crippen molar-refractivity contribution in [3.8, 4) is 0 Å². The zero-order chi connectivity index (χ0) is 30.5. The van der Waals surface area contributed by atoms with Crippen LogP contribution in [0.25, 0.3) is 21.5 Å². The fraction of sp³-hybridized carbons (Fsp3) is 0.263. The number of carbonyl (C=O) groups excluding carboxylic acids is 2. The van der Waals surface area contributed by atoms with Gasteiger partial charge in [0.1, 0.15) is 0 Å². The molecule has 1 amide bonds. The highest BCUT2D eigenvalue weighted by atomic mass is 16.5. The van der Waals surface area contributed by atoms with Gasteiger partial charge in [0.25, 0.3) is 5.91 Å². The van der Waals surface area contributed by atoms with E-state index < -0.39 is 5.97 Å². The molecule has 1 N–H and O–H groups in total. The lowest BCUT2D eigenvalue weighted by atomic mass is 9.63. The van der Waals surface area contributed by atoms with E-state index in [0.29, 0.717) is 11.1 Å². The molecule has 0 spiro atoms. The molecule has 0 aromatic heterocycles. The van der Waals surface area contributed by atoms with E-state index in [1.165, 1.54) is 34.4 Å². The van der Waals surface area contributed by atoms with Crippen LogP contribution in [0.5, 0.6) is 0 Å². The van der Waals surface area contributed by atoms with Crippen LogP contribution in [0.3, 0.4) is 0 Å². The second-order valence-corrected chi connectivity index (χ2v) is 12.9. The number of fused-ring (bicyclic) bond motifs is 4. The minimum absolute atomic E-state index is 0.00183. The van der Waals surface area contributed by atoms with Crippen molar-refractivity contribution in [3.05, 3.63) is 113 Å². The van der Waals surface area contributed by atoms with Gasteiger partial charge < -0.3 is 15.0 Å². The van der Waals surface area contributed by atoms with Crippen LogP contribution < -0.4 is 10.2 Å². The Bertz CT molecular complexity index is 1890. The summed E-state index contributed by atoms with van der Waals surface area (Å²) in [6.45, 7) is 9.21. The molecule has 43 heavy (non-hydrogen) atoms. The van der Waals surface area contributed by atoms with Crippen molar-refractivity contribution in [1.29, 1.82) is 0 Å². The lowest BCUT2D eigenvalue weighted by Gasteiger charge is -2.43. The molecule has 1 aliphatic carbocycles. The van der Waals surface area contributed by atoms with E-state index in [-0.39, 0.29) is 16.7 Å². The Morgan fingerprint density at radius 2 is 1.26 bits per heavy atom. The Kier molecular flexibility index (Phi) is 7.00. The number of ether oxygens (including phenoxy) is 1. The Labute approximate surface area is 253 Å². The van der Waals surface area contributed by atoms with E-state index in [1.54, 1.807) is 24.3 Å². The fourth-order valence-corrected chi connectivity index (χ4v) is 6.49. The molecular formula is C38H38N2O3. The molecule has 0 atom stereocenters. The van der Waals surface area contributed by atoms with Crippen LogP contribution in [0.4, 0.5) is 17.1 Å². The summed E-state index contributed by atoms with van der Waals surface area (Å²) in [5.74, 6) is -0.666. The first-order chi connectivity index (χ1) is 20.5. The molecule has 0 bridgehead atoms. The highest BCUT2D eigenvalue weighted by Gasteiger charge is 2.38. The van der Waals surface area contributed by atoms with Crippen molar-refractivity contribution in [2.24, 2.45) is 0 Å². The Balaban J connectivity index is 1.52. The molecule has 5 nitrogen and oxygen atoms in total. The van der Waals surface area contributed by atoms with Crippen LogP contribution in [0, 0.1) is 0 Å². The number of esters is 1. The number of rotatable bonds is 5. The molecular weight excluding hydrogens is 532 g/mol. The number of amides is 1. The van der Waals surface area contributed by atoms with Crippen molar-refractivity contribution in [2.75, 3.05) is 24.4 Å². The van der Waals surface area contributed by atoms with Crippen LogP contribution >= 0.6 is 0 Å². The average Bonchev–Trinajstić information content (AvgIpc) is 3.02. The molecule has 218 valence electrons. The van der Waals surface area contributed by atoms with Gasteiger partial charge in [-0.05, 0) is 93.4 Å². The summed E-state index contributed by atoms with van der Waals surface area (Å²) < 4.78 is 4.82. The number of hydrogen-bond donors (Lipinski definition) is 1. The van der Waals surface area contributed by atoms with Crippen molar-refractivity contribution >= 4 is 50.5 Å². The highest BCUT2D eigenvalue weighted by molar-refractivity contribution is 6.14. The highest BCUT2D eigenvalue weighted by Crippen LogP contribution is 2.50. The summed E-state index contributed by atoms with van der Waals surface area (Å²) in [7, 11) is 3.43. The lowest BCUT2D eigenvalue weighted by Crippen LogP contribution is -2.34. The Hall–Kier alpha value is -4.64. The van der Waals surface area contributed by atoms with E-state index in [4.69, 9.17) is 4.74 Å². The van der Waals surface area contributed by atoms with E-state index >= 15 is 0 Å². The van der Waals surface area contributed by atoms with Crippen LogP contribution in [0.15, 0.2) is 91.0 Å². The topological polar surface area (TPSA) is 58.6 Å². The van der Waals surface area contributed by atoms with Gasteiger partial charge in [-0.1, -0.05) is 76.2 Å². The maximum atomic E-state index is 13.7.